The molecule has 22 heavy (non-hydrogen) atoms. The largest absolute Gasteiger partial charge is 0.467 e. The Labute approximate surface area is 127 Å². The van der Waals surface area contributed by atoms with Gasteiger partial charge in [0.05, 0.1) is 24.4 Å². The van der Waals surface area contributed by atoms with Gasteiger partial charge >= 0.3 is 0 Å². The van der Waals surface area contributed by atoms with Crippen molar-refractivity contribution in [3.63, 3.8) is 0 Å². The van der Waals surface area contributed by atoms with Crippen molar-refractivity contribution in [2.45, 2.75) is 13.5 Å². The van der Waals surface area contributed by atoms with Crippen LogP contribution in [0.15, 0.2) is 47.1 Å². The molecule has 0 saturated carbocycles. The van der Waals surface area contributed by atoms with Gasteiger partial charge in [-0.3, -0.25) is 9.59 Å². The second-order valence-electron chi connectivity index (χ2n) is 4.70. The molecule has 1 aromatic heterocycles. The van der Waals surface area contributed by atoms with E-state index in [9.17, 15) is 9.59 Å². The van der Waals surface area contributed by atoms with E-state index >= 15 is 0 Å². The van der Waals surface area contributed by atoms with Crippen molar-refractivity contribution < 1.29 is 14.0 Å². The Morgan fingerprint density at radius 1 is 1.32 bits per heavy atom. The van der Waals surface area contributed by atoms with Gasteiger partial charge in [0, 0.05) is 12.6 Å². The summed E-state index contributed by atoms with van der Waals surface area (Å²) in [6, 6.07) is 12.0. The molecule has 6 nitrogen and oxygen atoms in total. The third-order valence-electron chi connectivity index (χ3n) is 2.98. The molecule has 112 valence electrons. The second-order valence-corrected chi connectivity index (χ2v) is 4.70. The molecule has 2 rings (SSSR count). The number of nitrogens with zero attached hydrogens (tertiary/aromatic N) is 2. The molecule has 0 radical (unpaired) electrons. The van der Waals surface area contributed by atoms with E-state index < -0.39 is 0 Å². The number of nitrogens with one attached hydrogen (secondary N) is 1. The highest BCUT2D eigenvalue weighted by Gasteiger charge is 2.15. The molecular weight excluding hydrogens is 282 g/mol. The summed E-state index contributed by atoms with van der Waals surface area (Å²) in [7, 11) is 0. The topological polar surface area (TPSA) is 86.3 Å². The van der Waals surface area contributed by atoms with Crippen molar-refractivity contribution in [1.82, 2.24) is 4.90 Å². The molecule has 2 aromatic rings. The first kappa shape index (κ1) is 15.3. The van der Waals surface area contributed by atoms with Gasteiger partial charge in [-0.1, -0.05) is 6.07 Å². The molecule has 0 aliphatic heterocycles. The average molecular weight is 297 g/mol. The molecular formula is C16H15N3O3. The smallest absolute Gasteiger partial charge is 0.244 e. The van der Waals surface area contributed by atoms with Gasteiger partial charge in [-0.25, -0.2) is 0 Å². The Kier molecular flexibility index (Phi) is 4.94. The van der Waals surface area contributed by atoms with Gasteiger partial charge in [-0.15, -0.1) is 0 Å². The van der Waals surface area contributed by atoms with Crippen LogP contribution in [0.2, 0.25) is 0 Å². The van der Waals surface area contributed by atoms with E-state index in [0.717, 1.165) is 0 Å². The molecule has 0 aliphatic rings. The van der Waals surface area contributed by atoms with Crippen LogP contribution in [0.5, 0.6) is 0 Å². The van der Waals surface area contributed by atoms with Gasteiger partial charge in [0.15, 0.2) is 0 Å². The zero-order valence-corrected chi connectivity index (χ0v) is 12.1. The van der Waals surface area contributed by atoms with Crippen molar-refractivity contribution in [1.29, 1.82) is 5.26 Å². The lowest BCUT2D eigenvalue weighted by Crippen LogP contribution is -2.36. The van der Waals surface area contributed by atoms with Gasteiger partial charge in [-0.05, 0) is 30.3 Å². The summed E-state index contributed by atoms with van der Waals surface area (Å²) in [5, 5.41) is 11.5. The zero-order chi connectivity index (χ0) is 15.9. The predicted octanol–water partition coefficient (Wildman–Crippen LogP) is 2.14. The molecule has 1 aromatic carbocycles. The minimum absolute atomic E-state index is 0.0905. The lowest BCUT2D eigenvalue weighted by atomic mass is 10.2. The third-order valence-corrected chi connectivity index (χ3v) is 2.98. The normalized spacial score (nSPS) is 9.82. The van der Waals surface area contributed by atoms with Crippen LogP contribution >= 0.6 is 0 Å². The Morgan fingerprint density at radius 2 is 2.14 bits per heavy atom. The van der Waals surface area contributed by atoms with E-state index in [-0.39, 0.29) is 24.9 Å². The maximum Gasteiger partial charge on any atom is 0.244 e. The average Bonchev–Trinajstić information content (AvgIpc) is 2.99. The van der Waals surface area contributed by atoms with Gasteiger partial charge in [0.1, 0.15) is 12.3 Å². The fourth-order valence-electron chi connectivity index (χ4n) is 1.91. The summed E-state index contributed by atoms with van der Waals surface area (Å²) in [4.78, 5) is 25.0. The molecule has 0 unspecified atom stereocenters. The number of nitriles is 1. The Balaban J connectivity index is 1.99. The minimum atomic E-state index is -0.336. The van der Waals surface area contributed by atoms with Crippen LogP contribution in [0.25, 0.3) is 0 Å². The molecule has 0 bridgehead atoms. The summed E-state index contributed by atoms with van der Waals surface area (Å²) in [6.07, 6.45) is 1.51. The van der Waals surface area contributed by atoms with Crippen LogP contribution in [-0.4, -0.2) is 23.3 Å². The molecule has 1 N–H and O–H groups in total. The quantitative estimate of drug-likeness (QED) is 0.916. The highest BCUT2D eigenvalue weighted by molar-refractivity contribution is 5.94. The standard InChI is InChI=1S/C16H15N3O3/c1-12(20)19(10-15-6-3-7-22-15)11-16(21)18-14-5-2-4-13(8-14)9-17/h2-8H,10-11H2,1H3,(H,18,21). The first-order chi connectivity index (χ1) is 10.6. The fourth-order valence-corrected chi connectivity index (χ4v) is 1.91. The van der Waals surface area contributed by atoms with E-state index in [1.165, 1.54) is 18.1 Å². The monoisotopic (exact) mass is 297 g/mol. The Hall–Kier alpha value is -3.07. The predicted molar refractivity (Wildman–Crippen MR) is 79.6 cm³/mol. The molecule has 0 saturated heterocycles. The molecule has 0 fully saturated rings. The highest BCUT2D eigenvalue weighted by Crippen LogP contribution is 2.10. The van der Waals surface area contributed by atoms with Crippen molar-refractivity contribution in [3.05, 3.63) is 54.0 Å². The summed E-state index contributed by atoms with van der Waals surface area (Å²) in [5.74, 6) is 0.0450. The summed E-state index contributed by atoms with van der Waals surface area (Å²) in [5.41, 5.74) is 0.974. The van der Waals surface area contributed by atoms with Crippen LogP contribution in [-0.2, 0) is 16.1 Å². The second kappa shape index (κ2) is 7.09. The molecule has 2 amide bonds. The lowest BCUT2D eigenvalue weighted by Gasteiger charge is -2.19. The lowest BCUT2D eigenvalue weighted by molar-refractivity contribution is -0.133. The number of anilines is 1. The van der Waals surface area contributed by atoms with Gasteiger partial charge in [0.2, 0.25) is 11.8 Å². The molecule has 0 atom stereocenters. The van der Waals surface area contributed by atoms with Gasteiger partial charge in [-0.2, -0.15) is 5.26 Å². The van der Waals surface area contributed by atoms with Gasteiger partial charge < -0.3 is 14.6 Å². The highest BCUT2D eigenvalue weighted by atomic mass is 16.3. The van der Waals surface area contributed by atoms with E-state index in [1.807, 2.05) is 6.07 Å². The number of rotatable bonds is 5. The van der Waals surface area contributed by atoms with Crippen molar-refractivity contribution in [3.8, 4) is 6.07 Å². The van der Waals surface area contributed by atoms with Crippen LogP contribution in [0.4, 0.5) is 5.69 Å². The molecule has 1 heterocycles. The Bertz CT molecular complexity index is 702. The SMILES string of the molecule is CC(=O)N(CC(=O)Nc1cccc(C#N)c1)Cc1ccco1. The summed E-state index contributed by atoms with van der Waals surface area (Å²) < 4.78 is 5.18. The third kappa shape index (κ3) is 4.21. The number of hydrogen-bond donors (Lipinski definition) is 1. The molecule has 0 spiro atoms. The van der Waals surface area contributed by atoms with Crippen LogP contribution < -0.4 is 5.32 Å². The van der Waals surface area contributed by atoms with Crippen LogP contribution in [0.1, 0.15) is 18.2 Å². The summed E-state index contributed by atoms with van der Waals surface area (Å²) >= 11 is 0. The van der Waals surface area contributed by atoms with Crippen LogP contribution in [0.3, 0.4) is 0 Å². The number of carbonyl (C=O) groups is 2. The molecule has 6 heteroatoms. The first-order valence-corrected chi connectivity index (χ1v) is 6.66. The Morgan fingerprint density at radius 3 is 2.77 bits per heavy atom. The van der Waals surface area contributed by atoms with Crippen LogP contribution in [0, 0.1) is 11.3 Å². The zero-order valence-electron chi connectivity index (χ0n) is 12.1. The maximum absolute atomic E-state index is 12.0. The van der Waals surface area contributed by atoms with Crippen molar-refractivity contribution >= 4 is 17.5 Å². The van der Waals surface area contributed by atoms with E-state index in [1.54, 1.807) is 36.4 Å². The number of carbonyl (C=O) groups excluding carboxylic acids is 2. The van der Waals surface area contributed by atoms with Crippen molar-refractivity contribution in [2.75, 3.05) is 11.9 Å². The van der Waals surface area contributed by atoms with Gasteiger partial charge in [0.25, 0.3) is 0 Å². The van der Waals surface area contributed by atoms with E-state index in [0.29, 0.717) is 17.0 Å². The minimum Gasteiger partial charge on any atom is -0.467 e. The van der Waals surface area contributed by atoms with E-state index in [4.69, 9.17) is 9.68 Å². The van der Waals surface area contributed by atoms with Crippen molar-refractivity contribution in [2.24, 2.45) is 0 Å². The number of hydrogen-bond acceptors (Lipinski definition) is 4. The number of furan rings is 1. The summed E-state index contributed by atoms with van der Waals surface area (Å²) in [6.45, 7) is 1.54. The first-order valence-electron chi connectivity index (χ1n) is 6.66. The number of benzene rings is 1. The fraction of sp³-hybridized carbons (Fsp3) is 0.188. The molecule has 0 aliphatic carbocycles. The van der Waals surface area contributed by atoms with E-state index in [2.05, 4.69) is 5.32 Å². The number of amides is 2. The maximum atomic E-state index is 12.0.